The molecule has 0 radical (unpaired) electrons. The van der Waals surface area contributed by atoms with E-state index in [0.717, 1.165) is 11.8 Å². The van der Waals surface area contributed by atoms with Gasteiger partial charge in [0.05, 0.1) is 6.61 Å². The van der Waals surface area contributed by atoms with Gasteiger partial charge >= 0.3 is 0 Å². The Morgan fingerprint density at radius 2 is 2.21 bits per heavy atom. The SMILES string of the molecule is CCN(CCOC)C(=N)SC(=N)C=O. The highest BCUT2D eigenvalue weighted by Gasteiger charge is 2.10. The molecule has 0 aliphatic rings. The number of aldehydes is 1. The molecule has 0 aromatic rings. The predicted octanol–water partition coefficient (Wildman–Crippen LogP) is 0.799. The van der Waals surface area contributed by atoms with E-state index in [-0.39, 0.29) is 10.2 Å². The quantitative estimate of drug-likeness (QED) is 0.405. The van der Waals surface area contributed by atoms with E-state index in [2.05, 4.69) is 0 Å². The lowest BCUT2D eigenvalue weighted by atomic mass is 10.5. The first-order chi connectivity index (χ1) is 6.65. The fourth-order valence-electron chi connectivity index (χ4n) is 0.798. The number of rotatable bonds is 5. The van der Waals surface area contributed by atoms with Crippen LogP contribution in [0.5, 0.6) is 0 Å². The van der Waals surface area contributed by atoms with Crippen molar-refractivity contribution in [1.29, 1.82) is 10.8 Å². The molecule has 2 N–H and O–H groups in total. The van der Waals surface area contributed by atoms with Gasteiger partial charge in [-0.1, -0.05) is 0 Å². The Labute approximate surface area is 87.8 Å². The zero-order chi connectivity index (χ0) is 11.0. The normalized spacial score (nSPS) is 9.57. The number of amidine groups is 1. The summed E-state index contributed by atoms with van der Waals surface area (Å²) in [6.07, 6.45) is 0.434. The van der Waals surface area contributed by atoms with Crippen molar-refractivity contribution < 1.29 is 9.53 Å². The van der Waals surface area contributed by atoms with Gasteiger partial charge in [0.25, 0.3) is 0 Å². The van der Waals surface area contributed by atoms with E-state index in [1.54, 1.807) is 12.0 Å². The van der Waals surface area contributed by atoms with E-state index >= 15 is 0 Å². The maximum atomic E-state index is 10.2. The molecule has 0 heterocycles. The number of hydrogen-bond donors (Lipinski definition) is 2. The van der Waals surface area contributed by atoms with E-state index in [4.69, 9.17) is 15.6 Å². The Balaban J connectivity index is 4.03. The van der Waals surface area contributed by atoms with Crippen LogP contribution >= 0.6 is 11.8 Å². The summed E-state index contributed by atoms with van der Waals surface area (Å²) >= 11 is 0.852. The van der Waals surface area contributed by atoms with E-state index < -0.39 is 0 Å². The van der Waals surface area contributed by atoms with Crippen LogP contribution in [-0.4, -0.2) is 48.2 Å². The van der Waals surface area contributed by atoms with Crippen molar-refractivity contribution in [2.45, 2.75) is 6.92 Å². The van der Waals surface area contributed by atoms with E-state index in [9.17, 15) is 4.79 Å². The van der Waals surface area contributed by atoms with Gasteiger partial charge in [0.2, 0.25) is 0 Å². The first-order valence-electron chi connectivity index (χ1n) is 4.19. The van der Waals surface area contributed by atoms with E-state index in [0.29, 0.717) is 26.0 Å². The topological polar surface area (TPSA) is 77.2 Å². The van der Waals surface area contributed by atoms with Gasteiger partial charge in [-0.15, -0.1) is 0 Å². The molecule has 0 fully saturated rings. The van der Waals surface area contributed by atoms with Crippen LogP contribution in [0.15, 0.2) is 0 Å². The summed E-state index contributed by atoms with van der Waals surface area (Å²) in [7, 11) is 1.60. The molecule has 0 aliphatic carbocycles. The number of carbonyl (C=O) groups is 1. The molecule has 0 aromatic carbocycles. The minimum absolute atomic E-state index is 0.147. The summed E-state index contributed by atoms with van der Waals surface area (Å²) in [5, 5.41) is 14.8. The fraction of sp³-hybridized carbons (Fsp3) is 0.625. The van der Waals surface area contributed by atoms with Gasteiger partial charge in [-0.2, -0.15) is 0 Å². The molecule has 0 amide bonds. The van der Waals surface area contributed by atoms with Crippen LogP contribution in [0.2, 0.25) is 0 Å². The van der Waals surface area contributed by atoms with Crippen molar-refractivity contribution in [3.05, 3.63) is 0 Å². The Kier molecular flexibility index (Phi) is 7.04. The van der Waals surface area contributed by atoms with Gasteiger partial charge < -0.3 is 9.64 Å². The van der Waals surface area contributed by atoms with Crippen LogP contribution in [0.1, 0.15) is 6.92 Å². The maximum Gasteiger partial charge on any atom is 0.174 e. The molecule has 14 heavy (non-hydrogen) atoms. The minimum Gasteiger partial charge on any atom is -0.383 e. The highest BCUT2D eigenvalue weighted by Crippen LogP contribution is 2.07. The number of carbonyl (C=O) groups excluding carboxylic acids is 1. The molecule has 0 atom stereocenters. The molecule has 0 bridgehead atoms. The molecular weight excluding hydrogens is 202 g/mol. The zero-order valence-corrected chi connectivity index (χ0v) is 9.19. The lowest BCUT2D eigenvalue weighted by Crippen LogP contribution is -2.31. The summed E-state index contributed by atoms with van der Waals surface area (Å²) in [5.41, 5.74) is 0. The number of likely N-dealkylation sites (N-methyl/N-ethyl adjacent to an activating group) is 1. The minimum atomic E-state index is -0.147. The molecule has 5 nitrogen and oxygen atoms in total. The zero-order valence-electron chi connectivity index (χ0n) is 8.37. The van der Waals surface area contributed by atoms with Crippen LogP contribution < -0.4 is 0 Å². The van der Waals surface area contributed by atoms with Gasteiger partial charge in [0.1, 0.15) is 5.04 Å². The molecule has 0 aromatic heterocycles. The smallest absolute Gasteiger partial charge is 0.174 e. The van der Waals surface area contributed by atoms with Crippen molar-refractivity contribution in [2.75, 3.05) is 26.8 Å². The Morgan fingerprint density at radius 1 is 1.57 bits per heavy atom. The second-order valence-electron chi connectivity index (χ2n) is 2.46. The highest BCUT2D eigenvalue weighted by atomic mass is 32.2. The highest BCUT2D eigenvalue weighted by molar-refractivity contribution is 8.27. The summed E-state index contributed by atoms with van der Waals surface area (Å²) in [5.74, 6) is 0. The molecule has 0 saturated heterocycles. The number of methoxy groups -OCH3 is 1. The second kappa shape index (κ2) is 7.52. The molecule has 0 unspecified atom stereocenters. The van der Waals surface area contributed by atoms with Crippen molar-refractivity contribution in [3.8, 4) is 0 Å². The average molecular weight is 217 g/mol. The van der Waals surface area contributed by atoms with Gasteiger partial charge in [0.15, 0.2) is 11.5 Å². The monoisotopic (exact) mass is 217 g/mol. The summed E-state index contributed by atoms with van der Waals surface area (Å²) in [4.78, 5) is 11.9. The number of hydrogen-bond acceptors (Lipinski definition) is 5. The summed E-state index contributed by atoms with van der Waals surface area (Å²) in [6, 6.07) is 0. The Morgan fingerprint density at radius 3 is 2.64 bits per heavy atom. The largest absolute Gasteiger partial charge is 0.383 e. The van der Waals surface area contributed by atoms with Gasteiger partial charge in [0, 0.05) is 20.2 Å². The van der Waals surface area contributed by atoms with E-state index in [1.165, 1.54) is 0 Å². The first-order valence-corrected chi connectivity index (χ1v) is 5.01. The molecule has 0 saturated carbocycles. The van der Waals surface area contributed by atoms with Gasteiger partial charge in [-0.05, 0) is 18.7 Å². The van der Waals surface area contributed by atoms with Crippen LogP contribution in [-0.2, 0) is 9.53 Å². The number of nitrogens with zero attached hydrogens (tertiary/aromatic N) is 1. The lowest BCUT2D eigenvalue weighted by molar-refractivity contribution is -0.102. The van der Waals surface area contributed by atoms with Crippen LogP contribution in [0.3, 0.4) is 0 Å². The van der Waals surface area contributed by atoms with Crippen LogP contribution in [0, 0.1) is 10.8 Å². The number of nitrogens with one attached hydrogen (secondary N) is 2. The van der Waals surface area contributed by atoms with Gasteiger partial charge in [-0.25, -0.2) is 0 Å². The second-order valence-corrected chi connectivity index (χ2v) is 3.49. The molecule has 0 spiro atoms. The first kappa shape index (κ1) is 13.1. The molecule has 0 rings (SSSR count). The molecule has 6 heteroatoms. The summed E-state index contributed by atoms with van der Waals surface area (Å²) in [6.45, 7) is 3.72. The fourth-order valence-corrected chi connectivity index (χ4v) is 1.40. The van der Waals surface area contributed by atoms with Crippen molar-refractivity contribution >= 4 is 28.3 Å². The lowest BCUT2D eigenvalue weighted by Gasteiger charge is -2.21. The number of thioether (sulfide) groups is 1. The van der Waals surface area contributed by atoms with Crippen molar-refractivity contribution in [2.24, 2.45) is 0 Å². The molecular formula is C8H15N3O2S. The van der Waals surface area contributed by atoms with E-state index in [1.807, 2.05) is 6.92 Å². The van der Waals surface area contributed by atoms with Crippen molar-refractivity contribution in [1.82, 2.24) is 4.90 Å². The Hall–Kier alpha value is -0.880. The van der Waals surface area contributed by atoms with Crippen LogP contribution in [0.4, 0.5) is 0 Å². The third-order valence-electron chi connectivity index (χ3n) is 1.55. The maximum absolute atomic E-state index is 10.2. The summed E-state index contributed by atoms with van der Waals surface area (Å²) < 4.78 is 4.88. The van der Waals surface area contributed by atoms with Crippen molar-refractivity contribution in [3.63, 3.8) is 0 Å². The predicted molar refractivity (Wildman–Crippen MR) is 58.2 cm³/mol. The van der Waals surface area contributed by atoms with Gasteiger partial charge in [-0.3, -0.25) is 15.6 Å². The molecule has 0 aliphatic heterocycles. The number of ether oxygens (including phenoxy) is 1. The standard InChI is InChI=1S/C8H15N3O2S/c1-3-11(4-5-13-2)8(10)14-7(9)6-12/h6,9-10H,3-5H2,1-2H3. The average Bonchev–Trinajstić information content (AvgIpc) is 2.18. The third-order valence-corrected chi connectivity index (χ3v) is 2.32. The third kappa shape index (κ3) is 4.98. The Bertz CT molecular complexity index is 221. The molecule has 80 valence electrons. The van der Waals surface area contributed by atoms with Crippen LogP contribution in [0.25, 0.3) is 0 Å².